The number of aromatic nitrogens is 3. The smallest absolute Gasteiger partial charge is 0.263 e. The first-order valence-corrected chi connectivity index (χ1v) is 6.85. The topological polar surface area (TPSA) is 114 Å². The normalized spacial score (nSPS) is 10.5. The molecule has 2 heterocycles. The highest BCUT2D eigenvalue weighted by Gasteiger charge is 2.13. The molecule has 4 N–H and O–H groups in total. The molecule has 20 heavy (non-hydrogen) atoms. The van der Waals surface area contributed by atoms with E-state index in [-0.39, 0.29) is 17.3 Å². The van der Waals surface area contributed by atoms with Crippen molar-refractivity contribution in [3.8, 4) is 0 Å². The Hall–Kier alpha value is -2.22. The number of nitrogens with two attached hydrogens (primary N) is 1. The van der Waals surface area contributed by atoms with Crippen molar-refractivity contribution in [1.29, 1.82) is 0 Å². The lowest BCUT2D eigenvalue weighted by molar-refractivity contribution is 0.0957. The minimum atomic E-state index is -0.298. The van der Waals surface area contributed by atoms with E-state index in [2.05, 4.69) is 20.3 Å². The molecule has 106 valence electrons. The van der Waals surface area contributed by atoms with Gasteiger partial charge >= 0.3 is 0 Å². The van der Waals surface area contributed by atoms with E-state index in [1.165, 1.54) is 17.4 Å². The molecule has 0 aromatic carbocycles. The molecule has 0 unspecified atom stereocenters. The van der Waals surface area contributed by atoms with Crippen molar-refractivity contribution in [2.24, 2.45) is 0 Å². The molecule has 0 aliphatic carbocycles. The third kappa shape index (κ3) is 3.41. The number of hydrogen-bond acceptors (Lipinski definition) is 6. The highest BCUT2D eigenvalue weighted by atomic mass is 32.1. The Kier molecular flexibility index (Phi) is 4.14. The van der Waals surface area contributed by atoms with Crippen LogP contribution in [0.4, 0.5) is 5.82 Å². The molecular weight excluding hydrogens is 278 g/mol. The van der Waals surface area contributed by atoms with Crippen LogP contribution in [0.25, 0.3) is 0 Å². The third-order valence-electron chi connectivity index (χ3n) is 2.57. The van der Waals surface area contributed by atoms with Crippen molar-refractivity contribution < 1.29 is 4.79 Å². The largest absolute Gasteiger partial charge is 0.383 e. The lowest BCUT2D eigenvalue weighted by Gasteiger charge is -2.04. The van der Waals surface area contributed by atoms with E-state index in [9.17, 15) is 9.59 Å². The lowest BCUT2D eigenvalue weighted by atomic mass is 10.3. The number of aromatic amines is 1. The van der Waals surface area contributed by atoms with E-state index in [4.69, 9.17) is 5.73 Å². The van der Waals surface area contributed by atoms with E-state index < -0.39 is 0 Å². The van der Waals surface area contributed by atoms with Gasteiger partial charge in [0.05, 0.1) is 10.7 Å². The van der Waals surface area contributed by atoms with Crippen molar-refractivity contribution in [2.45, 2.75) is 20.3 Å². The van der Waals surface area contributed by atoms with Crippen LogP contribution in [0.3, 0.4) is 0 Å². The number of amides is 1. The number of hydrogen-bond donors (Lipinski definition) is 3. The molecule has 2 aromatic rings. The quantitative estimate of drug-likeness (QED) is 0.755. The fourth-order valence-electron chi connectivity index (χ4n) is 1.76. The number of aryl methyl sites for hydroxylation is 2. The Labute approximate surface area is 119 Å². The van der Waals surface area contributed by atoms with Crippen LogP contribution in [-0.2, 0) is 6.42 Å². The van der Waals surface area contributed by atoms with Crippen LogP contribution in [-0.4, -0.2) is 27.4 Å². The Bertz CT molecular complexity index is 691. The van der Waals surface area contributed by atoms with Gasteiger partial charge in [-0.25, -0.2) is 9.97 Å². The molecule has 0 fully saturated rings. The summed E-state index contributed by atoms with van der Waals surface area (Å²) in [6.45, 7) is 4.02. The zero-order valence-corrected chi connectivity index (χ0v) is 12.0. The highest BCUT2D eigenvalue weighted by molar-refractivity contribution is 7.13. The number of nitrogens with zero attached hydrogens (tertiary/aromatic N) is 2. The average Bonchev–Trinajstić information content (AvgIpc) is 2.67. The van der Waals surface area contributed by atoms with Gasteiger partial charge < -0.3 is 16.0 Å². The number of nitrogen functional groups attached to an aromatic ring is 1. The van der Waals surface area contributed by atoms with Gasteiger partial charge in [-0.2, -0.15) is 0 Å². The second kappa shape index (κ2) is 5.83. The Morgan fingerprint density at radius 3 is 2.80 bits per heavy atom. The van der Waals surface area contributed by atoms with Crippen LogP contribution >= 0.6 is 11.3 Å². The minimum Gasteiger partial charge on any atom is -0.383 e. The highest BCUT2D eigenvalue weighted by Crippen LogP contribution is 2.16. The minimum absolute atomic E-state index is 0.167. The fraction of sp³-hybridized carbons (Fsp3) is 0.333. The molecule has 1 amide bonds. The first-order valence-electron chi connectivity index (χ1n) is 6.03. The summed E-state index contributed by atoms with van der Waals surface area (Å²) < 4.78 is 0. The monoisotopic (exact) mass is 293 g/mol. The first-order chi connectivity index (χ1) is 9.45. The lowest BCUT2D eigenvalue weighted by Crippen LogP contribution is -2.26. The summed E-state index contributed by atoms with van der Waals surface area (Å²) in [5.41, 5.74) is 5.90. The predicted octanol–water partition coefficient (Wildman–Crippen LogP) is 0.398. The van der Waals surface area contributed by atoms with Crippen LogP contribution < -0.4 is 16.6 Å². The van der Waals surface area contributed by atoms with Crippen molar-refractivity contribution in [3.05, 3.63) is 37.8 Å². The molecule has 2 aromatic heterocycles. The molecule has 0 aliphatic heterocycles. The maximum Gasteiger partial charge on any atom is 0.263 e. The fourth-order valence-corrected chi connectivity index (χ4v) is 2.60. The molecule has 8 heteroatoms. The molecule has 0 bridgehead atoms. The summed E-state index contributed by atoms with van der Waals surface area (Å²) in [6, 6.07) is 1.21. The first kappa shape index (κ1) is 14.2. The number of carbonyl (C=O) groups is 1. The molecule has 0 aliphatic rings. The molecule has 0 saturated heterocycles. The Balaban J connectivity index is 1.94. The van der Waals surface area contributed by atoms with Gasteiger partial charge in [-0.3, -0.25) is 9.59 Å². The SMILES string of the molecule is Cc1nc(C)c(C(=O)NCCc2nc(N)cc(=O)[nH]2)s1. The molecule has 0 atom stereocenters. The van der Waals surface area contributed by atoms with E-state index in [1.807, 2.05) is 6.92 Å². The van der Waals surface area contributed by atoms with Crippen molar-refractivity contribution in [3.63, 3.8) is 0 Å². The van der Waals surface area contributed by atoms with Crippen LogP contribution in [0, 0.1) is 13.8 Å². The number of thiazole rings is 1. The molecule has 2 rings (SSSR count). The summed E-state index contributed by atoms with van der Waals surface area (Å²) >= 11 is 1.36. The van der Waals surface area contributed by atoms with Crippen LogP contribution in [0.5, 0.6) is 0 Å². The van der Waals surface area contributed by atoms with Crippen LogP contribution in [0.1, 0.15) is 26.2 Å². The molecule has 0 spiro atoms. The summed E-state index contributed by atoms with van der Waals surface area (Å²) in [6.07, 6.45) is 0.406. The Morgan fingerprint density at radius 2 is 2.20 bits per heavy atom. The van der Waals surface area contributed by atoms with Gasteiger partial charge in [0, 0.05) is 19.0 Å². The summed E-state index contributed by atoms with van der Waals surface area (Å²) in [4.78, 5) is 34.5. The summed E-state index contributed by atoms with van der Waals surface area (Å²) in [7, 11) is 0. The standard InChI is InChI=1S/C12H15N5O2S/c1-6-11(20-7(2)15-6)12(19)14-4-3-9-16-8(13)5-10(18)17-9/h5H,3-4H2,1-2H3,(H,14,19)(H3,13,16,17,18). The molecule has 0 radical (unpaired) electrons. The van der Waals surface area contributed by atoms with E-state index in [0.29, 0.717) is 23.7 Å². The molecular formula is C12H15N5O2S. The van der Waals surface area contributed by atoms with Crippen molar-refractivity contribution in [2.75, 3.05) is 12.3 Å². The van der Waals surface area contributed by atoms with Gasteiger partial charge in [-0.15, -0.1) is 11.3 Å². The zero-order chi connectivity index (χ0) is 14.7. The predicted molar refractivity (Wildman–Crippen MR) is 76.9 cm³/mol. The van der Waals surface area contributed by atoms with Gasteiger partial charge in [0.1, 0.15) is 16.5 Å². The van der Waals surface area contributed by atoms with Gasteiger partial charge in [0.2, 0.25) is 0 Å². The van der Waals surface area contributed by atoms with Crippen molar-refractivity contribution >= 4 is 23.1 Å². The van der Waals surface area contributed by atoms with Crippen LogP contribution in [0.2, 0.25) is 0 Å². The maximum atomic E-state index is 11.9. The van der Waals surface area contributed by atoms with Gasteiger partial charge in [0.15, 0.2) is 0 Å². The number of rotatable bonds is 4. The maximum absolute atomic E-state index is 11.9. The zero-order valence-electron chi connectivity index (χ0n) is 11.2. The number of anilines is 1. The average molecular weight is 293 g/mol. The summed E-state index contributed by atoms with van der Waals surface area (Å²) in [5.74, 6) is 0.454. The third-order valence-corrected chi connectivity index (χ3v) is 3.64. The summed E-state index contributed by atoms with van der Waals surface area (Å²) in [5, 5.41) is 3.63. The molecule has 0 saturated carbocycles. The van der Waals surface area contributed by atoms with Crippen LogP contribution in [0.15, 0.2) is 10.9 Å². The number of carbonyl (C=O) groups excluding carboxylic acids is 1. The van der Waals surface area contributed by atoms with Gasteiger partial charge in [-0.05, 0) is 13.8 Å². The number of H-pyrrole nitrogens is 1. The van der Waals surface area contributed by atoms with E-state index in [0.717, 1.165) is 10.7 Å². The second-order valence-electron chi connectivity index (χ2n) is 4.27. The van der Waals surface area contributed by atoms with Gasteiger partial charge in [-0.1, -0.05) is 0 Å². The van der Waals surface area contributed by atoms with Crippen molar-refractivity contribution in [1.82, 2.24) is 20.3 Å². The number of nitrogens with one attached hydrogen (secondary N) is 2. The second-order valence-corrected chi connectivity index (χ2v) is 5.47. The van der Waals surface area contributed by atoms with Gasteiger partial charge in [0.25, 0.3) is 11.5 Å². The molecule has 7 nitrogen and oxygen atoms in total. The van der Waals surface area contributed by atoms with E-state index in [1.54, 1.807) is 6.92 Å². The van der Waals surface area contributed by atoms with E-state index >= 15 is 0 Å². The Morgan fingerprint density at radius 1 is 1.45 bits per heavy atom.